The number of aromatic nitrogens is 2. The highest BCUT2D eigenvalue weighted by atomic mass is 16.5. The number of ether oxygens (including phenoxy) is 1. The summed E-state index contributed by atoms with van der Waals surface area (Å²) in [6, 6.07) is 0. The van der Waals surface area contributed by atoms with E-state index < -0.39 is 0 Å². The van der Waals surface area contributed by atoms with Crippen molar-refractivity contribution in [3.8, 4) is 5.75 Å². The molecule has 0 fully saturated rings. The van der Waals surface area contributed by atoms with Crippen LogP contribution in [0.2, 0.25) is 0 Å². The van der Waals surface area contributed by atoms with Crippen LogP contribution in [0.15, 0.2) is 12.4 Å². The monoisotopic (exact) mass is 211 g/mol. The molecule has 4 heteroatoms. The van der Waals surface area contributed by atoms with Crippen molar-refractivity contribution in [1.29, 1.82) is 0 Å². The highest BCUT2D eigenvalue weighted by molar-refractivity contribution is 5.11. The van der Waals surface area contributed by atoms with Gasteiger partial charge in [0, 0.05) is 6.54 Å². The van der Waals surface area contributed by atoms with E-state index in [2.05, 4.69) is 18.9 Å². The van der Waals surface area contributed by atoms with E-state index in [0.29, 0.717) is 0 Å². The highest BCUT2D eigenvalue weighted by Crippen LogP contribution is 2.12. The SMILES string of the molecule is CCCn1cc(OC(C)CCCN)cn1. The lowest BCUT2D eigenvalue weighted by molar-refractivity contribution is 0.208. The van der Waals surface area contributed by atoms with Crippen LogP contribution in [-0.4, -0.2) is 22.4 Å². The first-order valence-corrected chi connectivity index (χ1v) is 5.65. The van der Waals surface area contributed by atoms with Crippen molar-refractivity contribution in [2.45, 2.75) is 45.8 Å². The van der Waals surface area contributed by atoms with Gasteiger partial charge in [0.2, 0.25) is 0 Å². The Morgan fingerprint density at radius 3 is 3.07 bits per heavy atom. The van der Waals surface area contributed by atoms with Crippen LogP contribution in [0, 0.1) is 0 Å². The Bertz CT molecular complexity index is 273. The molecule has 0 aliphatic heterocycles. The summed E-state index contributed by atoms with van der Waals surface area (Å²) in [4.78, 5) is 0. The Morgan fingerprint density at radius 2 is 2.40 bits per heavy atom. The molecule has 86 valence electrons. The van der Waals surface area contributed by atoms with Crippen LogP contribution in [0.3, 0.4) is 0 Å². The van der Waals surface area contributed by atoms with Gasteiger partial charge in [-0.15, -0.1) is 0 Å². The van der Waals surface area contributed by atoms with E-state index >= 15 is 0 Å². The standard InChI is InChI=1S/C11H21N3O/c1-3-7-14-9-11(8-13-14)15-10(2)5-4-6-12/h8-10H,3-7,12H2,1-2H3. The molecule has 1 heterocycles. The van der Waals surface area contributed by atoms with Crippen LogP contribution in [0.1, 0.15) is 33.1 Å². The predicted molar refractivity (Wildman–Crippen MR) is 60.9 cm³/mol. The maximum atomic E-state index is 5.70. The normalized spacial score (nSPS) is 12.7. The fourth-order valence-corrected chi connectivity index (χ4v) is 1.45. The van der Waals surface area contributed by atoms with Crippen LogP contribution in [0.25, 0.3) is 0 Å². The molecular weight excluding hydrogens is 190 g/mol. The van der Waals surface area contributed by atoms with Gasteiger partial charge >= 0.3 is 0 Å². The van der Waals surface area contributed by atoms with E-state index in [4.69, 9.17) is 10.5 Å². The summed E-state index contributed by atoms with van der Waals surface area (Å²) < 4.78 is 7.61. The Hall–Kier alpha value is -1.03. The third-order valence-corrected chi connectivity index (χ3v) is 2.21. The highest BCUT2D eigenvalue weighted by Gasteiger charge is 2.05. The molecule has 0 amide bonds. The topological polar surface area (TPSA) is 53.1 Å². The third-order valence-electron chi connectivity index (χ3n) is 2.21. The molecular formula is C11H21N3O. The van der Waals surface area contributed by atoms with Gasteiger partial charge in [-0.3, -0.25) is 4.68 Å². The number of nitrogens with zero attached hydrogens (tertiary/aromatic N) is 2. The molecule has 0 aliphatic carbocycles. The molecule has 1 rings (SSSR count). The van der Waals surface area contributed by atoms with Gasteiger partial charge in [-0.1, -0.05) is 6.92 Å². The van der Waals surface area contributed by atoms with Gasteiger partial charge in [0.05, 0.1) is 18.5 Å². The fourth-order valence-electron chi connectivity index (χ4n) is 1.45. The summed E-state index contributed by atoms with van der Waals surface area (Å²) in [5, 5.41) is 4.21. The average molecular weight is 211 g/mol. The molecule has 0 aromatic carbocycles. The Balaban J connectivity index is 2.35. The van der Waals surface area contributed by atoms with Gasteiger partial charge in [-0.25, -0.2) is 0 Å². The maximum absolute atomic E-state index is 5.70. The van der Waals surface area contributed by atoms with Crippen molar-refractivity contribution in [3.05, 3.63) is 12.4 Å². The average Bonchev–Trinajstić information content (AvgIpc) is 2.63. The van der Waals surface area contributed by atoms with Crippen LogP contribution >= 0.6 is 0 Å². The minimum absolute atomic E-state index is 0.216. The summed E-state index contributed by atoms with van der Waals surface area (Å²) in [7, 11) is 0. The van der Waals surface area contributed by atoms with Crippen LogP contribution in [-0.2, 0) is 6.54 Å². The molecule has 0 bridgehead atoms. The van der Waals surface area contributed by atoms with Crippen molar-refractivity contribution in [3.63, 3.8) is 0 Å². The van der Waals surface area contributed by atoms with E-state index in [9.17, 15) is 0 Å². The lowest BCUT2D eigenvalue weighted by Gasteiger charge is -2.11. The second kappa shape index (κ2) is 6.45. The summed E-state index contributed by atoms with van der Waals surface area (Å²) >= 11 is 0. The summed E-state index contributed by atoms with van der Waals surface area (Å²) in [6.07, 6.45) is 7.02. The second-order valence-electron chi connectivity index (χ2n) is 3.80. The molecule has 0 radical (unpaired) electrons. The minimum Gasteiger partial charge on any atom is -0.487 e. The number of hydrogen-bond donors (Lipinski definition) is 1. The lowest BCUT2D eigenvalue weighted by atomic mass is 10.2. The first kappa shape index (κ1) is 12.0. The molecule has 0 saturated heterocycles. The number of hydrogen-bond acceptors (Lipinski definition) is 3. The number of rotatable bonds is 7. The number of aryl methyl sites for hydroxylation is 1. The second-order valence-corrected chi connectivity index (χ2v) is 3.80. The Labute approximate surface area is 91.4 Å². The van der Waals surface area contributed by atoms with Gasteiger partial charge in [0.1, 0.15) is 0 Å². The van der Waals surface area contributed by atoms with E-state index in [-0.39, 0.29) is 6.10 Å². The molecule has 1 atom stereocenters. The zero-order valence-corrected chi connectivity index (χ0v) is 9.65. The van der Waals surface area contributed by atoms with E-state index in [1.165, 1.54) is 0 Å². The summed E-state index contributed by atoms with van der Waals surface area (Å²) in [6.45, 7) is 5.86. The quantitative estimate of drug-likeness (QED) is 0.748. The van der Waals surface area contributed by atoms with E-state index in [1.807, 2.05) is 10.9 Å². The molecule has 0 saturated carbocycles. The van der Waals surface area contributed by atoms with Gasteiger partial charge in [0.15, 0.2) is 5.75 Å². The van der Waals surface area contributed by atoms with Crippen molar-refractivity contribution in [2.75, 3.05) is 6.54 Å². The molecule has 1 aromatic heterocycles. The van der Waals surface area contributed by atoms with Crippen molar-refractivity contribution in [2.24, 2.45) is 5.73 Å². The molecule has 1 aromatic rings. The molecule has 15 heavy (non-hydrogen) atoms. The first-order chi connectivity index (χ1) is 7.26. The summed E-state index contributed by atoms with van der Waals surface area (Å²) in [5.74, 6) is 0.855. The largest absolute Gasteiger partial charge is 0.487 e. The third kappa shape index (κ3) is 4.34. The Kier molecular flexibility index (Phi) is 5.18. The van der Waals surface area contributed by atoms with Crippen molar-refractivity contribution >= 4 is 0 Å². The number of nitrogens with two attached hydrogens (primary N) is 1. The Morgan fingerprint density at radius 1 is 1.60 bits per heavy atom. The molecule has 0 aliphatic rings. The smallest absolute Gasteiger partial charge is 0.157 e. The van der Waals surface area contributed by atoms with Gasteiger partial charge in [-0.05, 0) is 32.7 Å². The van der Waals surface area contributed by atoms with E-state index in [0.717, 1.165) is 38.1 Å². The van der Waals surface area contributed by atoms with Crippen molar-refractivity contribution < 1.29 is 4.74 Å². The fraction of sp³-hybridized carbons (Fsp3) is 0.727. The molecule has 1 unspecified atom stereocenters. The van der Waals surface area contributed by atoms with Gasteiger partial charge in [0.25, 0.3) is 0 Å². The van der Waals surface area contributed by atoms with E-state index in [1.54, 1.807) is 6.20 Å². The molecule has 0 spiro atoms. The van der Waals surface area contributed by atoms with Crippen LogP contribution in [0.4, 0.5) is 0 Å². The predicted octanol–water partition coefficient (Wildman–Crippen LogP) is 1.80. The van der Waals surface area contributed by atoms with Gasteiger partial charge in [-0.2, -0.15) is 5.10 Å². The van der Waals surface area contributed by atoms with Crippen molar-refractivity contribution in [1.82, 2.24) is 9.78 Å². The molecule has 4 nitrogen and oxygen atoms in total. The zero-order chi connectivity index (χ0) is 11.1. The lowest BCUT2D eigenvalue weighted by Crippen LogP contribution is -2.13. The summed E-state index contributed by atoms with van der Waals surface area (Å²) in [5.41, 5.74) is 5.44. The minimum atomic E-state index is 0.216. The first-order valence-electron chi connectivity index (χ1n) is 5.65. The maximum Gasteiger partial charge on any atom is 0.157 e. The molecule has 2 N–H and O–H groups in total. The van der Waals surface area contributed by atoms with Crippen LogP contribution < -0.4 is 10.5 Å². The zero-order valence-electron chi connectivity index (χ0n) is 9.65. The van der Waals surface area contributed by atoms with Crippen LogP contribution in [0.5, 0.6) is 5.75 Å². The van der Waals surface area contributed by atoms with Gasteiger partial charge < -0.3 is 10.5 Å².